The summed E-state index contributed by atoms with van der Waals surface area (Å²) in [5, 5.41) is 2.90. The fourth-order valence-corrected chi connectivity index (χ4v) is 2.80. The van der Waals surface area contributed by atoms with Gasteiger partial charge < -0.3 is 9.88 Å². The molecule has 0 aliphatic rings. The molecule has 4 nitrogen and oxygen atoms in total. The zero-order valence-corrected chi connectivity index (χ0v) is 15.0. The van der Waals surface area contributed by atoms with Crippen molar-refractivity contribution in [2.45, 2.75) is 26.4 Å². The van der Waals surface area contributed by atoms with Crippen LogP contribution in [-0.2, 0) is 24.3 Å². The van der Waals surface area contributed by atoms with Crippen molar-refractivity contribution in [3.8, 4) is 0 Å². The van der Waals surface area contributed by atoms with E-state index in [1.807, 2.05) is 42.6 Å². The molecule has 1 amide bonds. The van der Waals surface area contributed by atoms with Crippen LogP contribution < -0.4 is 5.32 Å². The van der Waals surface area contributed by atoms with Crippen LogP contribution in [0.4, 0.5) is 0 Å². The molecule has 0 spiro atoms. The van der Waals surface area contributed by atoms with Gasteiger partial charge in [0.15, 0.2) is 0 Å². The monoisotopic (exact) mass is 345 g/mol. The highest BCUT2D eigenvalue weighted by atomic mass is 16.1. The number of nitrogens with one attached hydrogen (secondary N) is 1. The molecule has 0 aliphatic heterocycles. The fourth-order valence-electron chi connectivity index (χ4n) is 2.80. The Morgan fingerprint density at radius 3 is 2.27 bits per heavy atom. The highest BCUT2D eigenvalue weighted by Crippen LogP contribution is 2.14. The summed E-state index contributed by atoms with van der Waals surface area (Å²) in [6.45, 7) is 6.54. The Labute approximate surface area is 154 Å². The van der Waals surface area contributed by atoms with E-state index in [4.69, 9.17) is 0 Å². The quantitative estimate of drug-likeness (QED) is 0.664. The summed E-state index contributed by atoms with van der Waals surface area (Å²) in [6, 6.07) is 20.6. The topological polar surface area (TPSA) is 46.9 Å². The number of rotatable bonds is 7. The maximum atomic E-state index is 11.8. The molecule has 3 rings (SSSR count). The molecule has 1 heterocycles. The zero-order chi connectivity index (χ0) is 18.4. The summed E-state index contributed by atoms with van der Waals surface area (Å²) in [5.74, 6) is 0.849. The number of hydrogen-bond donors (Lipinski definition) is 1. The largest absolute Gasteiger partial charge is 0.347 e. The first-order chi connectivity index (χ1) is 12.6. The lowest BCUT2D eigenvalue weighted by molar-refractivity contribution is -0.117. The average Bonchev–Trinajstić information content (AvgIpc) is 3.03. The van der Waals surface area contributed by atoms with Gasteiger partial charge in [-0.25, -0.2) is 4.98 Å². The molecule has 26 heavy (non-hydrogen) atoms. The van der Waals surface area contributed by atoms with Crippen LogP contribution in [0, 0.1) is 0 Å². The van der Waals surface area contributed by atoms with Crippen molar-refractivity contribution >= 4 is 5.91 Å². The van der Waals surface area contributed by atoms with Crippen LogP contribution in [0.25, 0.3) is 0 Å². The van der Waals surface area contributed by atoms with Crippen molar-refractivity contribution < 1.29 is 4.79 Å². The standard InChI is InChI=1S/C22H23N3O/c1-17(2)22(26)24-15-20-14-23-21(13-18-9-5-3-6-10-18)25(20)16-19-11-7-4-8-12-19/h3-12,14H,1,13,15-16H2,2H3,(H,24,26). The molecule has 3 aromatic rings. The average molecular weight is 345 g/mol. The van der Waals surface area contributed by atoms with E-state index in [9.17, 15) is 4.79 Å². The van der Waals surface area contributed by atoms with Gasteiger partial charge in [0, 0.05) is 18.5 Å². The molecule has 132 valence electrons. The lowest BCUT2D eigenvalue weighted by atomic mass is 10.1. The molecule has 0 atom stereocenters. The second-order valence-electron chi connectivity index (χ2n) is 6.36. The molecule has 1 N–H and O–H groups in total. The van der Waals surface area contributed by atoms with Crippen LogP contribution in [0.3, 0.4) is 0 Å². The molecule has 0 unspecified atom stereocenters. The Morgan fingerprint density at radius 2 is 1.65 bits per heavy atom. The second kappa shape index (κ2) is 8.30. The van der Waals surface area contributed by atoms with Crippen molar-refractivity contribution in [2.24, 2.45) is 0 Å². The van der Waals surface area contributed by atoms with E-state index in [0.717, 1.165) is 24.5 Å². The Morgan fingerprint density at radius 1 is 1.04 bits per heavy atom. The summed E-state index contributed by atoms with van der Waals surface area (Å²) in [5.41, 5.74) is 3.90. The lowest BCUT2D eigenvalue weighted by Gasteiger charge is -2.13. The maximum absolute atomic E-state index is 11.8. The van der Waals surface area contributed by atoms with Crippen molar-refractivity contribution in [1.82, 2.24) is 14.9 Å². The molecule has 0 bridgehead atoms. The third kappa shape index (κ3) is 4.48. The Bertz CT molecular complexity index is 882. The van der Waals surface area contributed by atoms with Crippen LogP contribution in [0.5, 0.6) is 0 Å². The van der Waals surface area contributed by atoms with Crippen molar-refractivity contribution in [3.63, 3.8) is 0 Å². The number of amides is 1. The van der Waals surface area contributed by atoms with Crippen LogP contribution in [0.2, 0.25) is 0 Å². The summed E-state index contributed by atoms with van der Waals surface area (Å²) in [6.07, 6.45) is 2.60. The lowest BCUT2D eigenvalue weighted by Crippen LogP contribution is -2.25. The molecule has 0 saturated carbocycles. The third-order valence-corrected chi connectivity index (χ3v) is 4.23. The number of carbonyl (C=O) groups excluding carboxylic acids is 1. The van der Waals surface area contributed by atoms with Gasteiger partial charge in [0.05, 0.1) is 18.4 Å². The Hall–Kier alpha value is -3.14. The van der Waals surface area contributed by atoms with Gasteiger partial charge in [0.1, 0.15) is 5.82 Å². The van der Waals surface area contributed by atoms with Gasteiger partial charge in [0.25, 0.3) is 0 Å². The SMILES string of the molecule is C=C(C)C(=O)NCc1cnc(Cc2ccccc2)n1Cc1ccccc1. The zero-order valence-electron chi connectivity index (χ0n) is 15.0. The van der Waals surface area contributed by atoms with E-state index >= 15 is 0 Å². The molecular weight excluding hydrogens is 322 g/mol. The van der Waals surface area contributed by atoms with Crippen LogP contribution in [0.1, 0.15) is 29.6 Å². The van der Waals surface area contributed by atoms with Gasteiger partial charge in [-0.15, -0.1) is 0 Å². The van der Waals surface area contributed by atoms with Gasteiger partial charge in [-0.2, -0.15) is 0 Å². The third-order valence-electron chi connectivity index (χ3n) is 4.23. The minimum absolute atomic E-state index is 0.137. The van der Waals surface area contributed by atoms with Crippen LogP contribution in [0.15, 0.2) is 79.0 Å². The van der Waals surface area contributed by atoms with Crippen LogP contribution >= 0.6 is 0 Å². The van der Waals surface area contributed by atoms with Crippen molar-refractivity contribution in [2.75, 3.05) is 0 Å². The summed E-state index contributed by atoms with van der Waals surface area (Å²) >= 11 is 0. The molecule has 0 fully saturated rings. The smallest absolute Gasteiger partial charge is 0.246 e. The summed E-state index contributed by atoms with van der Waals surface area (Å²) in [4.78, 5) is 16.5. The number of hydrogen-bond acceptors (Lipinski definition) is 2. The molecular formula is C22H23N3O. The minimum Gasteiger partial charge on any atom is -0.347 e. The number of aromatic nitrogens is 2. The molecule has 2 aromatic carbocycles. The molecule has 0 aliphatic carbocycles. The minimum atomic E-state index is -0.137. The normalized spacial score (nSPS) is 10.5. The van der Waals surface area contributed by atoms with E-state index in [-0.39, 0.29) is 5.91 Å². The predicted octanol–water partition coefficient (Wildman–Crippen LogP) is 3.71. The van der Waals surface area contributed by atoms with Gasteiger partial charge >= 0.3 is 0 Å². The summed E-state index contributed by atoms with van der Waals surface area (Å²) in [7, 11) is 0. The van der Waals surface area contributed by atoms with Gasteiger partial charge in [0.2, 0.25) is 5.91 Å². The second-order valence-corrected chi connectivity index (χ2v) is 6.36. The number of benzene rings is 2. The highest BCUT2D eigenvalue weighted by Gasteiger charge is 2.12. The number of imidazole rings is 1. The van der Waals surface area contributed by atoms with E-state index in [2.05, 4.69) is 45.7 Å². The number of nitrogens with zero attached hydrogens (tertiary/aromatic N) is 2. The molecule has 0 radical (unpaired) electrons. The van der Waals surface area contributed by atoms with Crippen molar-refractivity contribution in [1.29, 1.82) is 0 Å². The fraction of sp³-hybridized carbons (Fsp3) is 0.182. The maximum Gasteiger partial charge on any atom is 0.246 e. The number of carbonyl (C=O) groups is 1. The molecule has 1 aromatic heterocycles. The van der Waals surface area contributed by atoms with Gasteiger partial charge in [-0.3, -0.25) is 4.79 Å². The Balaban J connectivity index is 1.86. The van der Waals surface area contributed by atoms with E-state index in [0.29, 0.717) is 12.1 Å². The van der Waals surface area contributed by atoms with Crippen LogP contribution in [-0.4, -0.2) is 15.5 Å². The summed E-state index contributed by atoms with van der Waals surface area (Å²) < 4.78 is 2.18. The highest BCUT2D eigenvalue weighted by molar-refractivity contribution is 5.91. The predicted molar refractivity (Wildman–Crippen MR) is 104 cm³/mol. The van der Waals surface area contributed by atoms with Crippen molar-refractivity contribution in [3.05, 3.63) is 102 Å². The first-order valence-electron chi connectivity index (χ1n) is 8.68. The first-order valence-corrected chi connectivity index (χ1v) is 8.68. The molecule has 4 heteroatoms. The van der Waals surface area contributed by atoms with E-state index in [1.54, 1.807) is 6.92 Å². The molecule has 0 saturated heterocycles. The first kappa shape index (κ1) is 17.7. The van der Waals surface area contributed by atoms with Gasteiger partial charge in [-0.1, -0.05) is 67.2 Å². The Kier molecular flexibility index (Phi) is 5.64. The van der Waals surface area contributed by atoms with E-state index < -0.39 is 0 Å². The van der Waals surface area contributed by atoms with Gasteiger partial charge in [-0.05, 0) is 18.1 Å². The van der Waals surface area contributed by atoms with E-state index in [1.165, 1.54) is 11.1 Å².